The molecule has 0 spiro atoms. The number of anilines is 1. The molecule has 0 aromatic carbocycles. The molecule has 3 rings (SSSR count). The van der Waals surface area contributed by atoms with Gasteiger partial charge < -0.3 is 36.1 Å². The van der Waals surface area contributed by atoms with Gasteiger partial charge in [0.25, 0.3) is 5.91 Å². The Morgan fingerprint density at radius 1 is 1.52 bits per heavy atom. The molecule has 1 fully saturated rings. The Morgan fingerprint density at radius 3 is 2.84 bits per heavy atom. The van der Waals surface area contributed by atoms with E-state index in [4.69, 9.17) is 16.2 Å². The van der Waals surface area contributed by atoms with E-state index in [-0.39, 0.29) is 11.5 Å². The number of nitrogen functional groups attached to an aromatic ring is 1. The highest BCUT2D eigenvalue weighted by atomic mass is 16.6. The van der Waals surface area contributed by atoms with Gasteiger partial charge in [-0.2, -0.15) is 0 Å². The zero-order chi connectivity index (χ0) is 18.4. The number of nitrogens with zero attached hydrogens (tertiary/aromatic N) is 3. The van der Waals surface area contributed by atoms with Crippen molar-refractivity contribution in [2.75, 3.05) is 12.3 Å². The smallest absolute Gasteiger partial charge is 0.293 e. The van der Waals surface area contributed by atoms with E-state index in [1.807, 2.05) is 0 Å². The molecule has 7 N–H and O–H groups in total. The molecule has 0 radical (unpaired) electrons. The molecular weight excluding hydrogens is 330 g/mol. The highest BCUT2D eigenvalue weighted by Crippen LogP contribution is 2.40. The molecule has 2 aromatic rings. The number of carbonyl (C=O) groups excluding carboxylic acids is 1. The first-order valence-electron chi connectivity index (χ1n) is 7.36. The minimum atomic E-state index is -1.71. The molecular formula is C15H17N5O5. The number of amides is 1. The Labute approximate surface area is 142 Å². The Kier molecular flexibility index (Phi) is 4.09. The molecule has 1 amide bonds. The average molecular weight is 347 g/mol. The zero-order valence-corrected chi connectivity index (χ0v) is 13.2. The van der Waals surface area contributed by atoms with Crippen molar-refractivity contribution in [3.05, 3.63) is 18.1 Å². The van der Waals surface area contributed by atoms with Crippen LogP contribution in [0.15, 0.2) is 12.5 Å². The summed E-state index contributed by atoms with van der Waals surface area (Å²) < 4.78 is 7.01. The van der Waals surface area contributed by atoms with Gasteiger partial charge >= 0.3 is 0 Å². The average Bonchev–Trinajstić information content (AvgIpc) is 3.02. The van der Waals surface area contributed by atoms with Crippen LogP contribution in [-0.4, -0.2) is 60.2 Å². The van der Waals surface area contributed by atoms with Crippen LogP contribution in [0.2, 0.25) is 0 Å². The van der Waals surface area contributed by atoms with Crippen LogP contribution >= 0.6 is 0 Å². The Balaban J connectivity index is 2.20. The first kappa shape index (κ1) is 17.1. The third-order valence-corrected chi connectivity index (χ3v) is 4.15. The lowest BCUT2D eigenvalue weighted by atomic mass is 9.96. The molecule has 25 heavy (non-hydrogen) atoms. The SMILES string of the molecule is C[C@@]1(O)[C@H](O)[C@@H](CO)O[C@H]1n1cc(C#CC(N)=O)c2c(N)ncnc21. The number of aromatic nitrogens is 3. The van der Waals surface area contributed by atoms with Gasteiger partial charge in [-0.05, 0) is 6.92 Å². The van der Waals surface area contributed by atoms with Crippen molar-refractivity contribution in [1.82, 2.24) is 14.5 Å². The molecule has 0 unspecified atom stereocenters. The Morgan fingerprint density at radius 2 is 2.24 bits per heavy atom. The predicted octanol–water partition coefficient (Wildman–Crippen LogP) is -2.15. The maximum Gasteiger partial charge on any atom is 0.293 e. The van der Waals surface area contributed by atoms with E-state index < -0.39 is 36.6 Å². The number of primary amides is 1. The van der Waals surface area contributed by atoms with Crippen LogP contribution in [0.4, 0.5) is 5.82 Å². The van der Waals surface area contributed by atoms with Crippen LogP contribution in [0.3, 0.4) is 0 Å². The maximum atomic E-state index is 10.9. The normalized spacial score (nSPS) is 28.7. The van der Waals surface area contributed by atoms with Crippen molar-refractivity contribution < 1.29 is 24.9 Å². The maximum absolute atomic E-state index is 10.9. The molecule has 2 aromatic heterocycles. The van der Waals surface area contributed by atoms with Crippen molar-refractivity contribution in [3.63, 3.8) is 0 Å². The summed E-state index contributed by atoms with van der Waals surface area (Å²) in [5.41, 5.74) is 9.81. The highest BCUT2D eigenvalue weighted by molar-refractivity contribution is 5.96. The number of fused-ring (bicyclic) bond motifs is 1. The standard InChI is InChI=1S/C15H17N5O5/c1-15(24)11(23)8(5-21)25-14(15)20-4-7(2-3-9(16)22)10-12(17)18-6-19-13(10)20/h4,6,8,11,14,21,23-24H,5H2,1H3,(H2,16,22)(H2,17,18,19)/t8-,11-,14-,15-/m1/s1. The molecule has 3 heterocycles. The second-order valence-corrected chi connectivity index (χ2v) is 5.90. The van der Waals surface area contributed by atoms with Crippen LogP contribution in [0, 0.1) is 11.8 Å². The van der Waals surface area contributed by atoms with Crippen molar-refractivity contribution in [2.45, 2.75) is 31.0 Å². The van der Waals surface area contributed by atoms with E-state index in [0.717, 1.165) is 0 Å². The molecule has 10 nitrogen and oxygen atoms in total. The van der Waals surface area contributed by atoms with Crippen LogP contribution < -0.4 is 11.5 Å². The van der Waals surface area contributed by atoms with Gasteiger partial charge in [-0.3, -0.25) is 4.79 Å². The minimum Gasteiger partial charge on any atom is -0.394 e. The van der Waals surface area contributed by atoms with Crippen LogP contribution in [0.25, 0.3) is 11.0 Å². The summed E-state index contributed by atoms with van der Waals surface area (Å²) in [4.78, 5) is 19.0. The van der Waals surface area contributed by atoms with Gasteiger partial charge in [0.15, 0.2) is 6.23 Å². The van der Waals surface area contributed by atoms with Gasteiger partial charge in [-0.1, -0.05) is 5.92 Å². The minimum absolute atomic E-state index is 0.120. The summed E-state index contributed by atoms with van der Waals surface area (Å²) in [6.45, 7) is 0.904. The number of hydrogen-bond donors (Lipinski definition) is 5. The van der Waals surface area contributed by atoms with Crippen molar-refractivity contribution >= 4 is 22.8 Å². The van der Waals surface area contributed by atoms with E-state index in [2.05, 4.69) is 21.8 Å². The van der Waals surface area contributed by atoms with E-state index in [9.17, 15) is 20.1 Å². The molecule has 1 aliphatic rings. The van der Waals surface area contributed by atoms with Gasteiger partial charge in [0.1, 0.15) is 35.6 Å². The number of rotatable bonds is 2. The van der Waals surface area contributed by atoms with Crippen molar-refractivity contribution in [3.8, 4) is 11.8 Å². The van der Waals surface area contributed by atoms with Gasteiger partial charge in [-0.15, -0.1) is 0 Å². The van der Waals surface area contributed by atoms with Gasteiger partial charge in [-0.25, -0.2) is 9.97 Å². The summed E-state index contributed by atoms with van der Waals surface area (Å²) in [5.74, 6) is 4.08. The molecule has 4 atom stereocenters. The van der Waals surface area contributed by atoms with E-state index in [1.54, 1.807) is 0 Å². The van der Waals surface area contributed by atoms with Crippen LogP contribution in [0.5, 0.6) is 0 Å². The van der Waals surface area contributed by atoms with Gasteiger partial charge in [0.05, 0.1) is 17.6 Å². The summed E-state index contributed by atoms with van der Waals surface area (Å²) in [6, 6.07) is 0. The third kappa shape index (κ3) is 2.69. The van der Waals surface area contributed by atoms with E-state index in [0.29, 0.717) is 10.9 Å². The van der Waals surface area contributed by atoms with Gasteiger partial charge in [0, 0.05) is 12.1 Å². The number of aliphatic hydroxyl groups excluding tert-OH is 2. The highest BCUT2D eigenvalue weighted by Gasteiger charge is 2.53. The second kappa shape index (κ2) is 5.98. The van der Waals surface area contributed by atoms with Crippen molar-refractivity contribution in [1.29, 1.82) is 0 Å². The quantitative estimate of drug-likeness (QED) is 0.383. The largest absolute Gasteiger partial charge is 0.394 e. The summed E-state index contributed by atoms with van der Waals surface area (Å²) in [5, 5.41) is 30.5. The monoisotopic (exact) mass is 347 g/mol. The number of nitrogens with two attached hydrogens (primary N) is 2. The molecule has 0 bridgehead atoms. The number of carbonyl (C=O) groups is 1. The molecule has 0 saturated carbocycles. The lowest BCUT2D eigenvalue weighted by Gasteiger charge is -2.27. The molecule has 1 aliphatic heterocycles. The van der Waals surface area contributed by atoms with E-state index >= 15 is 0 Å². The Hall–Kier alpha value is -2.71. The first-order chi connectivity index (χ1) is 11.8. The van der Waals surface area contributed by atoms with Crippen LogP contribution in [0.1, 0.15) is 18.7 Å². The number of aliphatic hydroxyl groups is 3. The fourth-order valence-electron chi connectivity index (χ4n) is 2.90. The lowest BCUT2D eigenvalue weighted by Crippen LogP contribution is -2.44. The zero-order valence-electron chi connectivity index (χ0n) is 13.2. The first-order valence-corrected chi connectivity index (χ1v) is 7.36. The molecule has 132 valence electrons. The van der Waals surface area contributed by atoms with Crippen LogP contribution in [-0.2, 0) is 9.53 Å². The second-order valence-electron chi connectivity index (χ2n) is 5.90. The van der Waals surface area contributed by atoms with E-state index in [1.165, 1.54) is 24.0 Å². The number of hydrogen-bond acceptors (Lipinski definition) is 8. The van der Waals surface area contributed by atoms with Crippen molar-refractivity contribution in [2.24, 2.45) is 5.73 Å². The predicted molar refractivity (Wildman–Crippen MR) is 85.6 cm³/mol. The molecule has 10 heteroatoms. The lowest BCUT2D eigenvalue weighted by molar-refractivity contribution is -0.112. The third-order valence-electron chi connectivity index (χ3n) is 4.15. The summed E-state index contributed by atoms with van der Waals surface area (Å²) in [7, 11) is 0. The fourth-order valence-corrected chi connectivity index (χ4v) is 2.90. The fraction of sp³-hybridized carbons (Fsp3) is 0.400. The topological polar surface area (TPSA) is 170 Å². The summed E-state index contributed by atoms with van der Waals surface area (Å²) in [6.07, 6.45) is -0.669. The molecule has 1 saturated heterocycles. The number of ether oxygens (including phenoxy) is 1. The summed E-state index contributed by atoms with van der Waals surface area (Å²) >= 11 is 0. The molecule has 0 aliphatic carbocycles. The Bertz CT molecular complexity index is 897. The van der Waals surface area contributed by atoms with Gasteiger partial charge in [0.2, 0.25) is 0 Å².